The largest absolute Gasteiger partial charge is 0.479 e. The van der Waals surface area contributed by atoms with Gasteiger partial charge in [0.25, 0.3) is 4.87 Å². The zero-order chi connectivity index (χ0) is 17.1. The number of aromatic nitrogens is 1. The van der Waals surface area contributed by atoms with Crippen LogP contribution in [-0.2, 0) is 14.3 Å². The van der Waals surface area contributed by atoms with Gasteiger partial charge in [-0.05, 0) is 19.4 Å². The fourth-order valence-corrected chi connectivity index (χ4v) is 1.63. The van der Waals surface area contributed by atoms with Crippen molar-refractivity contribution < 1.29 is 28.6 Å². The second-order valence-electron chi connectivity index (χ2n) is 4.41. The average molecular weight is 352 g/mol. The molecule has 2 atom stereocenters. The monoisotopic (exact) mass is 351 g/mol. The molecular weight excluding hydrogens is 340 g/mol. The number of halogens is 3. The number of pyridine rings is 1. The first kappa shape index (κ1) is 18.3. The van der Waals surface area contributed by atoms with Crippen LogP contribution in [0, 0.1) is 5.82 Å². The van der Waals surface area contributed by atoms with Crippen LogP contribution in [-0.4, -0.2) is 38.8 Å². The molecule has 1 N–H and O–H groups in total. The van der Waals surface area contributed by atoms with E-state index in [9.17, 15) is 18.8 Å². The van der Waals surface area contributed by atoms with Gasteiger partial charge in [-0.2, -0.15) is 0 Å². The van der Waals surface area contributed by atoms with Gasteiger partial charge >= 0.3 is 11.9 Å². The number of ketones is 1. The molecule has 1 heterocycles. The van der Waals surface area contributed by atoms with Crippen LogP contribution in [0.25, 0.3) is 0 Å². The van der Waals surface area contributed by atoms with E-state index >= 15 is 0 Å². The van der Waals surface area contributed by atoms with E-state index in [2.05, 4.69) is 4.98 Å². The summed E-state index contributed by atoms with van der Waals surface area (Å²) >= 11 is 11.1. The van der Waals surface area contributed by atoms with Gasteiger partial charge in [-0.15, -0.1) is 0 Å². The third-order valence-electron chi connectivity index (χ3n) is 2.83. The summed E-state index contributed by atoms with van der Waals surface area (Å²) in [4.78, 5) is 35.8. The quantitative estimate of drug-likeness (QED) is 0.278. The number of carbonyl (C=O) groups is 3. The highest BCUT2D eigenvalue weighted by Gasteiger charge is 2.54. The summed E-state index contributed by atoms with van der Waals surface area (Å²) in [5.74, 6) is -5.79. The topological polar surface area (TPSA) is 93.6 Å². The van der Waals surface area contributed by atoms with Crippen LogP contribution >= 0.6 is 23.2 Å². The van der Waals surface area contributed by atoms with Gasteiger partial charge in [0.05, 0.1) is 6.10 Å². The Morgan fingerprint density at radius 2 is 2.09 bits per heavy atom. The molecule has 0 aliphatic carbocycles. The van der Waals surface area contributed by atoms with Crippen LogP contribution in [0.2, 0.25) is 5.15 Å². The average Bonchev–Trinajstić information content (AvgIpc) is 2.47. The maximum Gasteiger partial charge on any atom is 0.347 e. The fourth-order valence-electron chi connectivity index (χ4n) is 1.37. The number of carbonyl (C=O) groups excluding carboxylic acids is 2. The first-order chi connectivity index (χ1) is 10.1. The van der Waals surface area contributed by atoms with Crippen LogP contribution < -0.4 is 0 Å². The molecule has 0 radical (unpaired) electrons. The lowest BCUT2D eigenvalue weighted by Crippen LogP contribution is -2.50. The van der Waals surface area contributed by atoms with Gasteiger partial charge in [0.1, 0.15) is 0 Å². The normalized spacial score (nSPS) is 14.8. The summed E-state index contributed by atoms with van der Waals surface area (Å²) in [6, 6.07) is 0.647. The van der Waals surface area contributed by atoms with E-state index in [1.807, 2.05) is 0 Å². The molecule has 1 rings (SSSR count). The Bertz CT molecular complexity index is 624. The van der Waals surface area contributed by atoms with Crippen molar-refractivity contribution in [1.29, 1.82) is 0 Å². The number of ether oxygens (including phenoxy) is 1. The molecule has 0 saturated heterocycles. The van der Waals surface area contributed by atoms with Crippen molar-refractivity contribution in [3.8, 4) is 0 Å². The molecule has 0 fully saturated rings. The molecule has 9 heteroatoms. The lowest BCUT2D eigenvalue weighted by atomic mass is 9.97. The van der Waals surface area contributed by atoms with Crippen LogP contribution in [0.3, 0.4) is 0 Å². The summed E-state index contributed by atoms with van der Waals surface area (Å²) in [5.41, 5.74) is -0.514. The molecule has 1 aromatic heterocycles. The van der Waals surface area contributed by atoms with Gasteiger partial charge < -0.3 is 9.84 Å². The van der Waals surface area contributed by atoms with Crippen LogP contribution in [0.4, 0.5) is 4.39 Å². The van der Waals surface area contributed by atoms with E-state index in [-0.39, 0.29) is 0 Å². The van der Waals surface area contributed by atoms with Crippen molar-refractivity contribution in [3.05, 3.63) is 28.8 Å². The molecule has 120 valence electrons. The van der Waals surface area contributed by atoms with Crippen molar-refractivity contribution in [2.45, 2.75) is 31.2 Å². The first-order valence-electron chi connectivity index (χ1n) is 6.13. The number of hydrogen-bond donors (Lipinski definition) is 1. The molecule has 0 amide bonds. The number of nitrogens with zero attached hydrogens (tertiary/aromatic N) is 1. The molecule has 2 unspecified atom stereocenters. The molecule has 0 bridgehead atoms. The molecule has 1 aromatic rings. The lowest BCUT2D eigenvalue weighted by Gasteiger charge is -2.21. The first-order valence-corrected chi connectivity index (χ1v) is 6.89. The third kappa shape index (κ3) is 3.53. The van der Waals surface area contributed by atoms with Gasteiger partial charge in [-0.3, -0.25) is 4.79 Å². The van der Waals surface area contributed by atoms with E-state index in [4.69, 9.17) is 33.0 Å². The molecule has 0 aliphatic heterocycles. The Labute approximate surface area is 135 Å². The van der Waals surface area contributed by atoms with Crippen molar-refractivity contribution in [2.24, 2.45) is 0 Å². The number of carboxylic acid groups (broad SMARTS) is 1. The molecule has 6 nitrogen and oxygen atoms in total. The minimum atomic E-state index is -3.02. The zero-order valence-corrected chi connectivity index (χ0v) is 13.1. The summed E-state index contributed by atoms with van der Waals surface area (Å²) in [6.45, 7) is 3.19. The summed E-state index contributed by atoms with van der Waals surface area (Å²) in [7, 11) is 0. The van der Waals surface area contributed by atoms with Crippen molar-refractivity contribution in [1.82, 2.24) is 4.98 Å². The van der Waals surface area contributed by atoms with E-state index in [0.717, 1.165) is 6.20 Å². The number of Topliss-reactive ketones (excluding diaryl/α,β-unsaturated/α-hetero) is 1. The predicted molar refractivity (Wildman–Crippen MR) is 75.6 cm³/mol. The molecule has 0 saturated carbocycles. The Balaban J connectivity index is 3.23. The van der Waals surface area contributed by atoms with Crippen LogP contribution in [0.1, 0.15) is 30.6 Å². The van der Waals surface area contributed by atoms with E-state index in [1.54, 1.807) is 6.92 Å². The molecule has 0 spiro atoms. The van der Waals surface area contributed by atoms with Crippen molar-refractivity contribution in [3.63, 3.8) is 0 Å². The highest BCUT2D eigenvalue weighted by molar-refractivity contribution is 6.57. The predicted octanol–water partition coefficient (Wildman–Crippen LogP) is 2.46. The molecule has 0 aromatic carbocycles. The van der Waals surface area contributed by atoms with Crippen LogP contribution in [0.15, 0.2) is 12.3 Å². The van der Waals surface area contributed by atoms with Crippen LogP contribution in [0.5, 0.6) is 0 Å². The van der Waals surface area contributed by atoms with Gasteiger partial charge in [0.2, 0.25) is 5.78 Å². The van der Waals surface area contributed by atoms with Gasteiger partial charge in [0, 0.05) is 11.8 Å². The standard InChI is InChI=1S/C13H12Cl2FNO5/c1-3-6(2)22-12(21)13(15,11(19)20)9(18)7-4-8(16)10(14)17-5-7/h4-6H,3H2,1-2H3,(H,19,20). The number of alkyl halides is 1. The van der Waals surface area contributed by atoms with Gasteiger partial charge in [-0.1, -0.05) is 30.1 Å². The molecule has 0 aliphatic rings. The summed E-state index contributed by atoms with van der Waals surface area (Å²) < 4.78 is 18.2. The van der Waals surface area contributed by atoms with E-state index in [0.29, 0.717) is 12.5 Å². The maximum absolute atomic E-state index is 13.3. The third-order valence-corrected chi connectivity index (χ3v) is 3.60. The lowest BCUT2D eigenvalue weighted by molar-refractivity contribution is -0.157. The minimum absolute atomic E-state index is 0.393. The highest BCUT2D eigenvalue weighted by Crippen LogP contribution is 2.26. The SMILES string of the molecule is CCC(C)OC(=O)C(Cl)(C(=O)O)C(=O)c1cnc(Cl)c(F)c1. The second kappa shape index (κ2) is 7.02. The number of carboxylic acids is 1. The number of aliphatic carboxylic acids is 1. The fraction of sp³-hybridized carbons (Fsp3) is 0.385. The maximum atomic E-state index is 13.3. The van der Waals surface area contributed by atoms with Crippen molar-refractivity contribution >= 4 is 40.9 Å². The Morgan fingerprint density at radius 1 is 1.50 bits per heavy atom. The highest BCUT2D eigenvalue weighted by atomic mass is 35.5. The molecular formula is C13H12Cl2FNO5. The van der Waals surface area contributed by atoms with E-state index in [1.165, 1.54) is 6.92 Å². The molecule has 22 heavy (non-hydrogen) atoms. The zero-order valence-electron chi connectivity index (χ0n) is 11.6. The second-order valence-corrected chi connectivity index (χ2v) is 5.34. The van der Waals surface area contributed by atoms with Gasteiger partial charge in [0.15, 0.2) is 11.0 Å². The Kier molecular flexibility index (Phi) is 5.85. The summed E-state index contributed by atoms with van der Waals surface area (Å²) in [5, 5.41) is 8.64. The van der Waals surface area contributed by atoms with E-state index < -0.39 is 45.2 Å². The number of esters is 1. The smallest absolute Gasteiger partial charge is 0.347 e. The number of rotatable bonds is 6. The van der Waals surface area contributed by atoms with Crippen molar-refractivity contribution in [2.75, 3.05) is 0 Å². The Hall–Kier alpha value is -1.73. The minimum Gasteiger partial charge on any atom is -0.479 e. The summed E-state index contributed by atoms with van der Waals surface area (Å²) in [6.07, 6.45) is 0.575. The van der Waals surface area contributed by atoms with Gasteiger partial charge in [-0.25, -0.2) is 19.0 Å². The number of hydrogen-bond acceptors (Lipinski definition) is 5. The Morgan fingerprint density at radius 3 is 2.55 bits per heavy atom.